The first-order chi connectivity index (χ1) is 9.60. The lowest BCUT2D eigenvalue weighted by Gasteiger charge is -2.31. The van der Waals surface area contributed by atoms with E-state index in [1.165, 1.54) is 25.9 Å². The number of phenolic OH excluding ortho intramolecular Hbond substituents is 1. The maximum Gasteiger partial charge on any atom is 0.120 e. The molecule has 1 aliphatic rings. The van der Waals surface area contributed by atoms with Gasteiger partial charge in [-0.2, -0.15) is 0 Å². The number of rotatable bonds is 5. The monoisotopic (exact) mass is 340 g/mol. The summed E-state index contributed by atoms with van der Waals surface area (Å²) in [6, 6.07) is 5.88. The molecule has 0 saturated carbocycles. The number of benzene rings is 1. The topological polar surface area (TPSA) is 35.5 Å². The molecule has 0 radical (unpaired) electrons. The van der Waals surface area contributed by atoms with Gasteiger partial charge >= 0.3 is 0 Å². The number of hydrogen-bond donors (Lipinski definition) is 2. The van der Waals surface area contributed by atoms with Crippen LogP contribution in [0.5, 0.6) is 5.75 Å². The van der Waals surface area contributed by atoms with Crippen LogP contribution in [0, 0.1) is 5.92 Å². The van der Waals surface area contributed by atoms with Crippen molar-refractivity contribution in [2.24, 2.45) is 5.92 Å². The van der Waals surface area contributed by atoms with E-state index in [0.29, 0.717) is 5.75 Å². The van der Waals surface area contributed by atoms with Crippen molar-refractivity contribution < 1.29 is 5.11 Å². The van der Waals surface area contributed by atoms with Crippen LogP contribution in [0.25, 0.3) is 0 Å². The van der Waals surface area contributed by atoms with E-state index in [1.807, 2.05) is 12.1 Å². The Morgan fingerprint density at radius 2 is 2.30 bits per heavy atom. The SMILES string of the molecule is CCC(NCC1CCCN(C)C1)c1cc(Br)ccc1O. The molecule has 2 rings (SSSR count). The number of nitrogens with zero attached hydrogens (tertiary/aromatic N) is 1. The van der Waals surface area contributed by atoms with E-state index in [4.69, 9.17) is 0 Å². The maximum atomic E-state index is 10.0. The molecule has 1 aromatic rings. The molecule has 0 spiro atoms. The minimum atomic E-state index is 0.222. The molecule has 1 saturated heterocycles. The minimum absolute atomic E-state index is 0.222. The van der Waals surface area contributed by atoms with Gasteiger partial charge in [-0.3, -0.25) is 0 Å². The maximum absolute atomic E-state index is 10.0. The smallest absolute Gasteiger partial charge is 0.120 e. The highest BCUT2D eigenvalue weighted by molar-refractivity contribution is 9.10. The lowest BCUT2D eigenvalue weighted by atomic mass is 9.97. The summed E-state index contributed by atoms with van der Waals surface area (Å²) in [5.41, 5.74) is 0.992. The first kappa shape index (κ1) is 15.8. The summed E-state index contributed by atoms with van der Waals surface area (Å²) in [6.45, 7) is 5.58. The standard InChI is InChI=1S/C16H25BrN2O/c1-3-15(14-9-13(17)6-7-16(14)20)18-10-12-5-4-8-19(2)11-12/h6-7,9,12,15,18,20H,3-5,8,10-11H2,1-2H3. The average molecular weight is 341 g/mol. The molecule has 0 aromatic heterocycles. The Hall–Kier alpha value is -0.580. The lowest BCUT2D eigenvalue weighted by molar-refractivity contribution is 0.202. The van der Waals surface area contributed by atoms with E-state index >= 15 is 0 Å². The van der Waals surface area contributed by atoms with Gasteiger partial charge in [0, 0.05) is 22.6 Å². The van der Waals surface area contributed by atoms with Gasteiger partial charge in [0.25, 0.3) is 0 Å². The average Bonchev–Trinajstić information content (AvgIpc) is 2.43. The molecule has 1 aromatic carbocycles. The molecule has 2 atom stereocenters. The van der Waals surface area contributed by atoms with E-state index in [9.17, 15) is 5.11 Å². The van der Waals surface area contributed by atoms with Gasteiger partial charge in [0.05, 0.1) is 0 Å². The Labute approximate surface area is 130 Å². The van der Waals surface area contributed by atoms with Gasteiger partial charge in [0.1, 0.15) is 5.75 Å². The Kier molecular flexibility index (Phi) is 5.87. The van der Waals surface area contributed by atoms with E-state index < -0.39 is 0 Å². The molecule has 20 heavy (non-hydrogen) atoms. The molecule has 2 N–H and O–H groups in total. The Morgan fingerprint density at radius 1 is 1.50 bits per heavy atom. The second kappa shape index (κ2) is 7.43. The number of aromatic hydroxyl groups is 1. The zero-order chi connectivity index (χ0) is 14.5. The first-order valence-corrected chi connectivity index (χ1v) is 8.29. The number of nitrogens with one attached hydrogen (secondary N) is 1. The van der Waals surface area contributed by atoms with Crippen molar-refractivity contribution in [1.29, 1.82) is 0 Å². The van der Waals surface area contributed by atoms with Crippen LogP contribution >= 0.6 is 15.9 Å². The summed E-state index contributed by atoms with van der Waals surface area (Å²) < 4.78 is 1.02. The molecule has 4 heteroatoms. The third-order valence-electron chi connectivity index (χ3n) is 4.15. The summed E-state index contributed by atoms with van der Waals surface area (Å²) in [4.78, 5) is 2.41. The van der Waals surface area contributed by atoms with E-state index in [2.05, 4.69) is 40.1 Å². The van der Waals surface area contributed by atoms with Crippen molar-refractivity contribution in [2.75, 3.05) is 26.7 Å². The molecule has 2 unspecified atom stereocenters. The molecule has 1 fully saturated rings. The first-order valence-electron chi connectivity index (χ1n) is 7.50. The van der Waals surface area contributed by atoms with Gasteiger partial charge in [-0.15, -0.1) is 0 Å². The quantitative estimate of drug-likeness (QED) is 0.860. The highest BCUT2D eigenvalue weighted by atomic mass is 79.9. The second-order valence-electron chi connectivity index (χ2n) is 5.84. The summed E-state index contributed by atoms with van der Waals surface area (Å²) in [5, 5.41) is 13.7. The zero-order valence-electron chi connectivity index (χ0n) is 12.4. The zero-order valence-corrected chi connectivity index (χ0v) is 14.0. The number of piperidine rings is 1. The van der Waals surface area contributed by atoms with Crippen molar-refractivity contribution in [3.05, 3.63) is 28.2 Å². The highest BCUT2D eigenvalue weighted by Gasteiger charge is 2.19. The van der Waals surface area contributed by atoms with Crippen molar-refractivity contribution in [2.45, 2.75) is 32.2 Å². The summed E-state index contributed by atoms with van der Waals surface area (Å²) in [6.07, 6.45) is 3.58. The van der Waals surface area contributed by atoms with E-state index in [1.54, 1.807) is 6.07 Å². The van der Waals surface area contributed by atoms with Crippen LogP contribution in [-0.4, -0.2) is 36.7 Å². The molecule has 0 amide bonds. The number of halogens is 1. The molecule has 3 nitrogen and oxygen atoms in total. The van der Waals surface area contributed by atoms with Crippen molar-refractivity contribution >= 4 is 15.9 Å². The molecular weight excluding hydrogens is 316 g/mol. The Morgan fingerprint density at radius 3 is 3.00 bits per heavy atom. The lowest BCUT2D eigenvalue weighted by Crippen LogP contribution is -2.38. The van der Waals surface area contributed by atoms with Crippen LogP contribution < -0.4 is 5.32 Å². The second-order valence-corrected chi connectivity index (χ2v) is 6.76. The van der Waals surface area contributed by atoms with Crippen molar-refractivity contribution in [3.63, 3.8) is 0 Å². The normalized spacial score (nSPS) is 21.9. The third kappa shape index (κ3) is 4.21. The summed E-state index contributed by atoms with van der Waals surface area (Å²) in [5.74, 6) is 1.10. The number of likely N-dealkylation sites (tertiary alicyclic amines) is 1. The van der Waals surface area contributed by atoms with Crippen molar-refractivity contribution in [3.8, 4) is 5.75 Å². The highest BCUT2D eigenvalue weighted by Crippen LogP contribution is 2.29. The Bertz CT molecular complexity index is 438. The van der Waals surface area contributed by atoms with Crippen molar-refractivity contribution in [1.82, 2.24) is 10.2 Å². The molecule has 112 valence electrons. The molecule has 0 bridgehead atoms. The van der Waals surface area contributed by atoms with E-state index in [-0.39, 0.29) is 6.04 Å². The predicted molar refractivity (Wildman–Crippen MR) is 87.1 cm³/mol. The number of phenols is 1. The van der Waals surface area contributed by atoms with Gasteiger partial charge in [0.2, 0.25) is 0 Å². The van der Waals surface area contributed by atoms with Crippen LogP contribution in [0.1, 0.15) is 37.8 Å². The summed E-state index contributed by atoms with van der Waals surface area (Å²) in [7, 11) is 2.20. The minimum Gasteiger partial charge on any atom is -0.508 e. The fraction of sp³-hybridized carbons (Fsp3) is 0.625. The Balaban J connectivity index is 1.96. The largest absolute Gasteiger partial charge is 0.508 e. The van der Waals surface area contributed by atoms with Gasteiger partial charge in [-0.05, 0) is 63.5 Å². The third-order valence-corrected chi connectivity index (χ3v) is 4.64. The van der Waals surface area contributed by atoms with Gasteiger partial charge in [0.15, 0.2) is 0 Å². The van der Waals surface area contributed by atoms with Crippen LogP contribution in [0.15, 0.2) is 22.7 Å². The van der Waals surface area contributed by atoms with Crippen LogP contribution in [0.3, 0.4) is 0 Å². The van der Waals surface area contributed by atoms with Gasteiger partial charge in [-0.25, -0.2) is 0 Å². The van der Waals surface area contributed by atoms with Gasteiger partial charge in [-0.1, -0.05) is 22.9 Å². The van der Waals surface area contributed by atoms with Gasteiger partial charge < -0.3 is 15.3 Å². The fourth-order valence-corrected chi connectivity index (χ4v) is 3.41. The van der Waals surface area contributed by atoms with Crippen LogP contribution in [0.4, 0.5) is 0 Å². The van der Waals surface area contributed by atoms with Crippen LogP contribution in [0.2, 0.25) is 0 Å². The summed E-state index contributed by atoms with van der Waals surface area (Å²) >= 11 is 3.48. The number of hydrogen-bond acceptors (Lipinski definition) is 3. The fourth-order valence-electron chi connectivity index (χ4n) is 3.03. The molecule has 1 heterocycles. The molecular formula is C16H25BrN2O. The van der Waals surface area contributed by atoms with Crippen LogP contribution in [-0.2, 0) is 0 Å². The van der Waals surface area contributed by atoms with E-state index in [0.717, 1.165) is 28.9 Å². The predicted octanol–water partition coefficient (Wildman–Crippen LogP) is 3.54. The molecule has 1 aliphatic heterocycles. The molecule has 0 aliphatic carbocycles.